The van der Waals surface area contributed by atoms with Gasteiger partial charge in [-0.15, -0.1) is 16.7 Å². The summed E-state index contributed by atoms with van der Waals surface area (Å²) >= 11 is 7.10. The van der Waals surface area contributed by atoms with Crippen LogP contribution in [0.3, 0.4) is 0 Å². The summed E-state index contributed by atoms with van der Waals surface area (Å²) in [6.07, 6.45) is 5.06. The van der Waals surface area contributed by atoms with E-state index >= 15 is 0 Å². The fourth-order valence-corrected chi connectivity index (χ4v) is 3.41. The predicted octanol–water partition coefficient (Wildman–Crippen LogP) is 2.63. The van der Waals surface area contributed by atoms with Gasteiger partial charge in [0, 0.05) is 11.9 Å². The minimum Gasteiger partial charge on any atom is -0.348 e. The summed E-state index contributed by atoms with van der Waals surface area (Å²) in [4.78, 5) is 12.9. The summed E-state index contributed by atoms with van der Waals surface area (Å²) in [7, 11) is 0. The number of aromatic nitrogens is 2. The Bertz CT molecular complexity index is 410. The van der Waals surface area contributed by atoms with Gasteiger partial charge in [0.1, 0.15) is 4.88 Å². The van der Waals surface area contributed by atoms with Crippen molar-refractivity contribution in [2.45, 2.75) is 45.1 Å². The fourth-order valence-electron chi connectivity index (χ4n) is 2.43. The van der Waals surface area contributed by atoms with E-state index in [-0.39, 0.29) is 11.9 Å². The second-order valence-electron chi connectivity index (χ2n) is 4.72. The molecule has 6 heteroatoms. The molecule has 1 heterocycles. The monoisotopic (exact) mass is 287 g/mol. The third-order valence-electron chi connectivity index (χ3n) is 3.42. The lowest BCUT2D eigenvalue weighted by Gasteiger charge is -2.18. The maximum Gasteiger partial charge on any atom is 0.265 e. The lowest BCUT2D eigenvalue weighted by molar-refractivity contribution is 0.0933. The molecule has 1 aliphatic carbocycles. The Morgan fingerprint density at radius 2 is 2.39 bits per heavy atom. The number of halogens is 1. The van der Waals surface area contributed by atoms with E-state index in [2.05, 4.69) is 21.8 Å². The van der Waals surface area contributed by atoms with Gasteiger partial charge in [-0.2, -0.15) is 0 Å². The van der Waals surface area contributed by atoms with E-state index < -0.39 is 0 Å². The summed E-state index contributed by atoms with van der Waals surface area (Å²) < 4.78 is 3.88. The van der Waals surface area contributed by atoms with Crippen LogP contribution in [0.15, 0.2) is 0 Å². The first kappa shape index (κ1) is 13.7. The van der Waals surface area contributed by atoms with Gasteiger partial charge in [-0.05, 0) is 36.7 Å². The Hall–Kier alpha value is -0.680. The van der Waals surface area contributed by atoms with Crippen LogP contribution < -0.4 is 5.32 Å². The molecule has 0 aliphatic heterocycles. The molecular formula is C12H18ClN3OS. The molecular weight excluding hydrogens is 270 g/mol. The first-order valence-corrected chi connectivity index (χ1v) is 7.75. The molecule has 18 heavy (non-hydrogen) atoms. The Morgan fingerprint density at radius 3 is 3.11 bits per heavy atom. The summed E-state index contributed by atoms with van der Waals surface area (Å²) in [5, 5.41) is 7.11. The highest BCUT2D eigenvalue weighted by molar-refractivity contribution is 7.08. The van der Waals surface area contributed by atoms with Crippen LogP contribution in [0.4, 0.5) is 0 Å². The van der Waals surface area contributed by atoms with Crippen molar-refractivity contribution in [2.24, 2.45) is 5.92 Å². The van der Waals surface area contributed by atoms with Crippen molar-refractivity contribution in [3.63, 3.8) is 0 Å². The summed E-state index contributed by atoms with van der Waals surface area (Å²) in [5.41, 5.74) is 0.820. The standard InChI is InChI=1S/C12H18ClN3OS/c1-2-4-10-11(18-16-15-10)12(17)14-9-6-3-5-8(9)7-13/h8-9H,2-7H2,1H3,(H,14,17). The normalized spacial score (nSPS) is 23.2. The van der Waals surface area contributed by atoms with Gasteiger partial charge in [0.25, 0.3) is 5.91 Å². The van der Waals surface area contributed by atoms with Gasteiger partial charge in [-0.3, -0.25) is 4.79 Å². The van der Waals surface area contributed by atoms with Crippen molar-refractivity contribution in [3.05, 3.63) is 10.6 Å². The first-order chi connectivity index (χ1) is 8.76. The van der Waals surface area contributed by atoms with E-state index in [9.17, 15) is 4.79 Å². The van der Waals surface area contributed by atoms with Crippen LogP contribution in [0.5, 0.6) is 0 Å². The summed E-state index contributed by atoms with van der Waals surface area (Å²) in [6, 6.07) is 0.214. The Kier molecular flexibility index (Phi) is 4.95. The summed E-state index contributed by atoms with van der Waals surface area (Å²) in [6.45, 7) is 2.07. The zero-order valence-electron chi connectivity index (χ0n) is 10.5. The summed E-state index contributed by atoms with van der Waals surface area (Å²) in [5.74, 6) is 0.995. The van der Waals surface area contributed by atoms with E-state index in [4.69, 9.17) is 11.6 Å². The number of aryl methyl sites for hydroxylation is 1. The maximum atomic E-state index is 12.2. The fraction of sp³-hybridized carbons (Fsp3) is 0.750. The van der Waals surface area contributed by atoms with Crippen LogP contribution >= 0.6 is 23.1 Å². The SMILES string of the molecule is CCCc1nnsc1C(=O)NC1CCCC1CCl. The molecule has 2 rings (SSSR count). The smallest absolute Gasteiger partial charge is 0.265 e. The van der Waals surface area contributed by atoms with E-state index in [1.807, 2.05) is 0 Å². The van der Waals surface area contributed by atoms with Crippen molar-refractivity contribution in [1.29, 1.82) is 0 Å². The topological polar surface area (TPSA) is 54.9 Å². The average Bonchev–Trinajstić information content (AvgIpc) is 2.98. The zero-order chi connectivity index (χ0) is 13.0. The van der Waals surface area contributed by atoms with Crippen LogP contribution in [0.1, 0.15) is 48.0 Å². The molecule has 2 atom stereocenters. The number of hydrogen-bond acceptors (Lipinski definition) is 4. The van der Waals surface area contributed by atoms with Gasteiger partial charge in [-0.25, -0.2) is 0 Å². The van der Waals surface area contributed by atoms with Crippen LogP contribution in [-0.4, -0.2) is 27.4 Å². The molecule has 1 saturated carbocycles. The molecule has 4 nitrogen and oxygen atoms in total. The largest absolute Gasteiger partial charge is 0.348 e. The number of carbonyl (C=O) groups is 1. The number of amides is 1. The van der Waals surface area contributed by atoms with Crippen LogP contribution in [-0.2, 0) is 6.42 Å². The molecule has 1 amide bonds. The third-order valence-corrected chi connectivity index (χ3v) is 4.59. The predicted molar refractivity (Wildman–Crippen MR) is 73.2 cm³/mol. The first-order valence-electron chi connectivity index (χ1n) is 6.44. The molecule has 0 aromatic carbocycles. The number of nitrogens with one attached hydrogen (secondary N) is 1. The minimum absolute atomic E-state index is 0.0320. The number of carbonyl (C=O) groups excluding carboxylic acids is 1. The highest BCUT2D eigenvalue weighted by Crippen LogP contribution is 2.27. The second kappa shape index (κ2) is 6.48. The van der Waals surface area contributed by atoms with Gasteiger partial charge in [-0.1, -0.05) is 24.3 Å². The van der Waals surface area contributed by atoms with E-state index in [0.29, 0.717) is 16.7 Å². The van der Waals surface area contributed by atoms with Crippen molar-refractivity contribution < 1.29 is 4.79 Å². The lowest BCUT2D eigenvalue weighted by atomic mass is 10.1. The average molecular weight is 288 g/mol. The number of alkyl halides is 1. The molecule has 0 saturated heterocycles. The van der Waals surface area contributed by atoms with Gasteiger partial charge in [0.2, 0.25) is 0 Å². The van der Waals surface area contributed by atoms with Crippen molar-refractivity contribution in [3.8, 4) is 0 Å². The minimum atomic E-state index is -0.0320. The van der Waals surface area contributed by atoms with Gasteiger partial charge in [0.15, 0.2) is 0 Å². The lowest BCUT2D eigenvalue weighted by Crippen LogP contribution is -2.38. The highest BCUT2D eigenvalue weighted by atomic mass is 35.5. The van der Waals surface area contributed by atoms with E-state index in [0.717, 1.165) is 37.8 Å². The molecule has 0 bridgehead atoms. The molecule has 1 aromatic rings. The van der Waals surface area contributed by atoms with Gasteiger partial charge >= 0.3 is 0 Å². The van der Waals surface area contributed by atoms with Crippen LogP contribution in [0.2, 0.25) is 0 Å². The van der Waals surface area contributed by atoms with Crippen molar-refractivity contribution in [2.75, 3.05) is 5.88 Å². The van der Waals surface area contributed by atoms with Gasteiger partial charge < -0.3 is 5.32 Å². The van der Waals surface area contributed by atoms with Gasteiger partial charge in [0.05, 0.1) is 5.69 Å². The Morgan fingerprint density at radius 1 is 1.56 bits per heavy atom. The number of rotatable bonds is 5. The van der Waals surface area contributed by atoms with E-state index in [1.165, 1.54) is 11.5 Å². The van der Waals surface area contributed by atoms with Crippen molar-refractivity contribution in [1.82, 2.24) is 14.9 Å². The Labute approximate surface area is 116 Å². The second-order valence-corrected chi connectivity index (χ2v) is 5.79. The molecule has 0 spiro atoms. The maximum absolute atomic E-state index is 12.2. The van der Waals surface area contributed by atoms with Crippen LogP contribution in [0, 0.1) is 5.92 Å². The molecule has 1 fully saturated rings. The number of hydrogen-bond donors (Lipinski definition) is 1. The van der Waals surface area contributed by atoms with Crippen LogP contribution in [0.25, 0.3) is 0 Å². The molecule has 0 radical (unpaired) electrons. The molecule has 1 N–H and O–H groups in total. The van der Waals surface area contributed by atoms with Crippen molar-refractivity contribution >= 4 is 29.0 Å². The van der Waals surface area contributed by atoms with E-state index in [1.54, 1.807) is 0 Å². The zero-order valence-corrected chi connectivity index (χ0v) is 12.1. The molecule has 1 aromatic heterocycles. The third kappa shape index (κ3) is 3.01. The Balaban J connectivity index is 2.00. The highest BCUT2D eigenvalue weighted by Gasteiger charge is 2.29. The molecule has 100 valence electrons. The number of nitrogens with zero attached hydrogens (tertiary/aromatic N) is 2. The quantitative estimate of drug-likeness (QED) is 0.847. The molecule has 2 unspecified atom stereocenters. The molecule has 1 aliphatic rings.